The Bertz CT molecular complexity index is 1030. The van der Waals surface area contributed by atoms with E-state index in [0.717, 1.165) is 15.3 Å². The summed E-state index contributed by atoms with van der Waals surface area (Å²) in [5, 5.41) is 8.76. The van der Waals surface area contributed by atoms with Crippen LogP contribution in [0.1, 0.15) is 5.69 Å². The van der Waals surface area contributed by atoms with Crippen LogP contribution < -0.4 is 5.56 Å². The summed E-state index contributed by atoms with van der Waals surface area (Å²) in [6, 6.07) is 9.49. The van der Waals surface area contributed by atoms with Crippen molar-refractivity contribution in [1.29, 1.82) is 0 Å². The second-order valence-electron chi connectivity index (χ2n) is 4.70. The highest BCUT2D eigenvalue weighted by atomic mass is 32.1. The van der Waals surface area contributed by atoms with E-state index in [0.29, 0.717) is 11.1 Å². The molecule has 0 unspecified atom stereocenters. The predicted octanol–water partition coefficient (Wildman–Crippen LogP) is 3.46. The molecule has 4 rings (SSSR count). The average Bonchev–Trinajstić information content (AvgIpc) is 3.24. The quantitative estimate of drug-likeness (QED) is 0.538. The van der Waals surface area contributed by atoms with Gasteiger partial charge in [0.25, 0.3) is 5.56 Å². The lowest BCUT2D eigenvalue weighted by atomic mass is 10.2. The van der Waals surface area contributed by atoms with Gasteiger partial charge in [-0.05, 0) is 23.6 Å². The van der Waals surface area contributed by atoms with Crippen molar-refractivity contribution in [3.63, 3.8) is 0 Å². The van der Waals surface area contributed by atoms with E-state index < -0.39 is 0 Å². The van der Waals surface area contributed by atoms with E-state index in [1.165, 1.54) is 22.3 Å². The Morgan fingerprint density at radius 3 is 2.87 bits per heavy atom. The summed E-state index contributed by atoms with van der Waals surface area (Å²) in [5.74, 6) is 0. The lowest BCUT2D eigenvalue weighted by Gasteiger charge is -1.99. The van der Waals surface area contributed by atoms with Crippen molar-refractivity contribution in [1.82, 2.24) is 14.6 Å². The fourth-order valence-corrected chi connectivity index (χ4v) is 3.91. The minimum atomic E-state index is -0.174. The molecule has 0 N–H and O–H groups in total. The molecule has 5 nitrogen and oxygen atoms in total. The Morgan fingerprint density at radius 2 is 2.09 bits per heavy atom. The lowest BCUT2D eigenvalue weighted by Crippen LogP contribution is -2.16. The monoisotopic (exact) mass is 338 g/mol. The van der Waals surface area contributed by atoms with Crippen molar-refractivity contribution < 1.29 is 0 Å². The molecular formula is C16H10N4OS2. The molecule has 4 heterocycles. The van der Waals surface area contributed by atoms with E-state index >= 15 is 0 Å². The summed E-state index contributed by atoms with van der Waals surface area (Å²) in [6.07, 6.45) is 4.67. The van der Waals surface area contributed by atoms with Gasteiger partial charge in [-0.2, -0.15) is 9.78 Å². The van der Waals surface area contributed by atoms with Gasteiger partial charge in [0, 0.05) is 22.0 Å². The number of aromatic nitrogens is 3. The van der Waals surface area contributed by atoms with Gasteiger partial charge in [-0.15, -0.1) is 22.7 Å². The molecule has 0 aliphatic heterocycles. The second-order valence-corrected chi connectivity index (χ2v) is 6.51. The fraction of sp³-hybridized carbons (Fsp3) is 0. The Morgan fingerprint density at radius 1 is 1.13 bits per heavy atom. The number of rotatable bonds is 3. The topological polar surface area (TPSA) is 60.1 Å². The van der Waals surface area contributed by atoms with Gasteiger partial charge in [-0.3, -0.25) is 9.78 Å². The molecule has 23 heavy (non-hydrogen) atoms. The Balaban J connectivity index is 1.83. The first-order valence-electron chi connectivity index (χ1n) is 6.81. The van der Waals surface area contributed by atoms with Crippen LogP contribution in [0.4, 0.5) is 0 Å². The molecule has 0 aromatic carbocycles. The fourth-order valence-electron chi connectivity index (χ4n) is 2.19. The largest absolute Gasteiger partial charge is 0.283 e. The molecule has 7 heteroatoms. The smallest absolute Gasteiger partial charge is 0.267 e. The first kappa shape index (κ1) is 14.0. The molecule has 0 spiro atoms. The van der Waals surface area contributed by atoms with Gasteiger partial charge in [0.05, 0.1) is 17.3 Å². The molecular weight excluding hydrogens is 328 g/mol. The first-order chi connectivity index (χ1) is 11.3. The minimum Gasteiger partial charge on any atom is -0.267 e. The summed E-state index contributed by atoms with van der Waals surface area (Å²) in [6.45, 7) is 0. The maximum Gasteiger partial charge on any atom is 0.283 e. The minimum absolute atomic E-state index is 0.174. The maximum atomic E-state index is 12.7. The van der Waals surface area contributed by atoms with E-state index in [2.05, 4.69) is 15.1 Å². The summed E-state index contributed by atoms with van der Waals surface area (Å²) in [5.41, 5.74) is 1.43. The molecule has 0 aliphatic rings. The van der Waals surface area contributed by atoms with Crippen molar-refractivity contribution in [2.45, 2.75) is 0 Å². The number of nitrogens with zero attached hydrogens (tertiary/aromatic N) is 4. The molecule has 0 bridgehead atoms. The Labute approximate surface area is 139 Å². The highest BCUT2D eigenvalue weighted by Gasteiger charge is 2.13. The summed E-state index contributed by atoms with van der Waals surface area (Å²) in [4.78, 5) is 23.0. The van der Waals surface area contributed by atoms with Crippen molar-refractivity contribution in [3.8, 4) is 10.4 Å². The van der Waals surface area contributed by atoms with Crippen LogP contribution >= 0.6 is 22.7 Å². The predicted molar refractivity (Wildman–Crippen MR) is 94.4 cm³/mol. The number of fused-ring (bicyclic) bond motifs is 1. The van der Waals surface area contributed by atoms with E-state index in [9.17, 15) is 4.79 Å². The van der Waals surface area contributed by atoms with Crippen LogP contribution in [-0.2, 0) is 0 Å². The highest BCUT2D eigenvalue weighted by Crippen LogP contribution is 2.33. The van der Waals surface area contributed by atoms with Crippen molar-refractivity contribution >= 4 is 39.1 Å². The zero-order valence-corrected chi connectivity index (χ0v) is 13.4. The number of hydrogen-bond donors (Lipinski definition) is 0. The van der Waals surface area contributed by atoms with Crippen molar-refractivity contribution in [3.05, 3.63) is 69.7 Å². The first-order valence-corrected chi connectivity index (χ1v) is 8.57. The van der Waals surface area contributed by atoms with Gasteiger partial charge >= 0.3 is 0 Å². The van der Waals surface area contributed by atoms with E-state index in [1.807, 2.05) is 41.1 Å². The number of hydrogen-bond acceptors (Lipinski definition) is 6. The van der Waals surface area contributed by atoms with E-state index in [4.69, 9.17) is 0 Å². The van der Waals surface area contributed by atoms with Crippen LogP contribution in [-0.4, -0.2) is 20.9 Å². The van der Waals surface area contributed by atoms with Crippen LogP contribution in [0.25, 0.3) is 20.7 Å². The molecule has 0 amide bonds. The molecule has 4 aromatic heterocycles. The standard InChI is InChI=1S/C16H10N4OS2/c21-16-14-12(13-5-3-7-22-13)9-23-15(14)18-10-20(16)19-8-11-4-1-2-6-17-11/h1-10H. The molecule has 0 fully saturated rings. The van der Waals surface area contributed by atoms with Crippen LogP contribution in [0.5, 0.6) is 0 Å². The molecule has 112 valence electrons. The third-order valence-corrected chi connectivity index (χ3v) is 5.06. The Kier molecular flexibility index (Phi) is 3.57. The summed E-state index contributed by atoms with van der Waals surface area (Å²) >= 11 is 3.07. The normalized spacial score (nSPS) is 11.5. The van der Waals surface area contributed by atoms with Gasteiger partial charge in [-0.1, -0.05) is 12.1 Å². The zero-order valence-electron chi connectivity index (χ0n) is 11.8. The van der Waals surface area contributed by atoms with Crippen LogP contribution in [0.2, 0.25) is 0 Å². The van der Waals surface area contributed by atoms with Crippen LogP contribution in [0.15, 0.2) is 63.5 Å². The SMILES string of the molecule is O=c1c2c(-c3cccs3)csc2ncn1N=Cc1ccccn1. The average molecular weight is 338 g/mol. The zero-order chi connectivity index (χ0) is 15.6. The maximum absolute atomic E-state index is 12.7. The third kappa shape index (κ3) is 2.60. The van der Waals surface area contributed by atoms with Gasteiger partial charge in [-0.25, -0.2) is 4.98 Å². The van der Waals surface area contributed by atoms with Gasteiger partial charge < -0.3 is 0 Å². The van der Waals surface area contributed by atoms with Gasteiger partial charge in [0.1, 0.15) is 11.2 Å². The number of thiophene rings is 2. The Hall–Kier alpha value is -2.64. The molecule has 0 saturated carbocycles. The highest BCUT2D eigenvalue weighted by molar-refractivity contribution is 7.18. The molecule has 0 saturated heterocycles. The van der Waals surface area contributed by atoms with Gasteiger partial charge in [0.15, 0.2) is 0 Å². The molecule has 0 radical (unpaired) electrons. The van der Waals surface area contributed by atoms with E-state index in [-0.39, 0.29) is 5.56 Å². The second kappa shape index (κ2) is 5.86. The van der Waals surface area contributed by atoms with Gasteiger partial charge in [0.2, 0.25) is 0 Å². The van der Waals surface area contributed by atoms with Crippen molar-refractivity contribution in [2.75, 3.05) is 0 Å². The van der Waals surface area contributed by atoms with Crippen LogP contribution in [0.3, 0.4) is 0 Å². The van der Waals surface area contributed by atoms with Crippen molar-refractivity contribution in [2.24, 2.45) is 5.10 Å². The molecule has 4 aromatic rings. The summed E-state index contributed by atoms with van der Waals surface area (Å²) in [7, 11) is 0. The third-order valence-electron chi connectivity index (χ3n) is 3.27. The number of pyridine rings is 1. The molecule has 0 atom stereocenters. The summed E-state index contributed by atoms with van der Waals surface area (Å²) < 4.78 is 1.25. The van der Waals surface area contributed by atoms with E-state index in [1.54, 1.807) is 23.7 Å². The molecule has 0 aliphatic carbocycles. The van der Waals surface area contributed by atoms with Crippen LogP contribution in [0, 0.1) is 0 Å². The lowest BCUT2D eigenvalue weighted by molar-refractivity contribution is 0.818.